The van der Waals surface area contributed by atoms with E-state index in [4.69, 9.17) is 16.3 Å². The summed E-state index contributed by atoms with van der Waals surface area (Å²) in [6.45, 7) is 2.91. The molecule has 0 aliphatic carbocycles. The highest BCUT2D eigenvalue weighted by Crippen LogP contribution is 2.30. The molecule has 4 heterocycles. The minimum atomic E-state index is -1.23. The number of aliphatic hydroxyl groups is 1. The zero-order chi connectivity index (χ0) is 31.2. The SMILES string of the molecule is C[C@@H]1CN(C(=O)O)[C@@H](c2ccc(-n3c(Cl)cc4c(=O)n(CC5(O)CCN(C(=O)c6ccc(F)cc6)CC5)cnc43)cc2)CO1. The molecule has 4 aromatic rings. The molecule has 44 heavy (non-hydrogen) atoms. The van der Waals surface area contributed by atoms with Crippen LogP contribution in [0.3, 0.4) is 0 Å². The average molecular weight is 624 g/mol. The van der Waals surface area contributed by atoms with E-state index in [0.29, 0.717) is 16.9 Å². The standard InChI is InChI=1S/C31H31ClFN5O6/c1-19-15-37(30(41)42)25(16-44-19)20-4-8-23(9-5-20)38-26(32)14-24-27(38)34-18-36(29(24)40)17-31(43)10-12-35(13-11-31)28(39)21-2-6-22(33)7-3-21/h2-9,14,18-19,25,43H,10-13,15-17H2,1H3,(H,41,42)/t19-,25-/m1/s1. The van der Waals surface area contributed by atoms with E-state index in [-0.39, 0.29) is 73.7 Å². The minimum Gasteiger partial charge on any atom is -0.465 e. The number of halogens is 2. The highest BCUT2D eigenvalue weighted by molar-refractivity contribution is 6.31. The van der Waals surface area contributed by atoms with Gasteiger partial charge in [-0.3, -0.25) is 23.6 Å². The van der Waals surface area contributed by atoms with Crippen LogP contribution in [0.5, 0.6) is 0 Å². The summed E-state index contributed by atoms with van der Waals surface area (Å²) in [5.41, 5.74) is 0.532. The Morgan fingerprint density at radius 3 is 2.45 bits per heavy atom. The highest BCUT2D eigenvalue weighted by Gasteiger charge is 2.35. The lowest BCUT2D eigenvalue weighted by molar-refractivity contribution is -0.0465. The Balaban J connectivity index is 1.19. The molecular formula is C31H31ClFN5O6. The van der Waals surface area contributed by atoms with E-state index in [1.165, 1.54) is 46.1 Å². The fourth-order valence-corrected chi connectivity index (χ4v) is 6.24. The van der Waals surface area contributed by atoms with Crippen LogP contribution in [0.2, 0.25) is 5.15 Å². The maximum Gasteiger partial charge on any atom is 0.407 e. The average Bonchev–Trinajstić information content (AvgIpc) is 3.35. The van der Waals surface area contributed by atoms with Gasteiger partial charge in [0.15, 0.2) is 5.65 Å². The Hall–Kier alpha value is -4.26. The van der Waals surface area contributed by atoms with Crippen molar-refractivity contribution in [3.8, 4) is 5.69 Å². The molecule has 0 unspecified atom stereocenters. The molecule has 2 aliphatic heterocycles. The summed E-state index contributed by atoms with van der Waals surface area (Å²) < 4.78 is 21.9. The number of carboxylic acid groups (broad SMARTS) is 1. The number of carbonyl (C=O) groups excluding carboxylic acids is 1. The first-order chi connectivity index (χ1) is 21.0. The Labute approximate surface area is 256 Å². The van der Waals surface area contributed by atoms with E-state index in [1.54, 1.807) is 33.7 Å². The first kappa shape index (κ1) is 29.8. The number of aromatic nitrogens is 3. The van der Waals surface area contributed by atoms with Gasteiger partial charge in [0.2, 0.25) is 0 Å². The summed E-state index contributed by atoms with van der Waals surface area (Å²) in [5, 5.41) is 21.5. The van der Waals surface area contributed by atoms with Gasteiger partial charge in [-0.05, 0) is 67.8 Å². The number of rotatable bonds is 5. The molecule has 230 valence electrons. The lowest BCUT2D eigenvalue weighted by Gasteiger charge is -2.38. The van der Waals surface area contributed by atoms with Crippen LogP contribution < -0.4 is 5.56 Å². The Kier molecular flexibility index (Phi) is 7.91. The molecule has 6 rings (SSSR count). The number of ether oxygens (including phenoxy) is 1. The number of benzene rings is 2. The summed E-state index contributed by atoms with van der Waals surface area (Å²) in [6.07, 6.45) is 0.687. The van der Waals surface area contributed by atoms with E-state index >= 15 is 0 Å². The third-order valence-electron chi connectivity index (χ3n) is 8.43. The van der Waals surface area contributed by atoms with Crippen molar-refractivity contribution in [1.29, 1.82) is 0 Å². The second kappa shape index (κ2) is 11.7. The zero-order valence-electron chi connectivity index (χ0n) is 23.9. The van der Waals surface area contributed by atoms with Gasteiger partial charge in [0.05, 0.1) is 42.8 Å². The van der Waals surface area contributed by atoms with Gasteiger partial charge in [-0.15, -0.1) is 0 Å². The van der Waals surface area contributed by atoms with Crippen molar-refractivity contribution >= 4 is 34.6 Å². The van der Waals surface area contributed by atoms with Gasteiger partial charge >= 0.3 is 6.09 Å². The predicted octanol–water partition coefficient (Wildman–Crippen LogP) is 4.09. The summed E-state index contributed by atoms with van der Waals surface area (Å²) in [4.78, 5) is 45.6. The third kappa shape index (κ3) is 5.68. The van der Waals surface area contributed by atoms with Crippen molar-refractivity contribution in [2.45, 2.75) is 44.1 Å². The van der Waals surface area contributed by atoms with Crippen molar-refractivity contribution < 1.29 is 28.9 Å². The van der Waals surface area contributed by atoms with E-state index in [1.807, 2.05) is 6.92 Å². The molecule has 11 nitrogen and oxygen atoms in total. The number of amides is 2. The molecule has 2 aromatic carbocycles. The number of likely N-dealkylation sites (tertiary alicyclic amines) is 1. The molecule has 2 aromatic heterocycles. The molecule has 2 amide bonds. The van der Waals surface area contributed by atoms with Gasteiger partial charge in [0, 0.05) is 24.3 Å². The van der Waals surface area contributed by atoms with Crippen molar-refractivity contribution in [3.05, 3.63) is 93.4 Å². The minimum absolute atomic E-state index is 0.00694. The highest BCUT2D eigenvalue weighted by atomic mass is 35.5. The molecule has 0 radical (unpaired) electrons. The van der Waals surface area contributed by atoms with E-state index in [0.717, 1.165) is 5.56 Å². The van der Waals surface area contributed by atoms with Crippen molar-refractivity contribution in [2.75, 3.05) is 26.2 Å². The first-order valence-electron chi connectivity index (χ1n) is 14.3. The van der Waals surface area contributed by atoms with Crippen LogP contribution in [-0.4, -0.2) is 84.1 Å². The summed E-state index contributed by atoms with van der Waals surface area (Å²) in [7, 11) is 0. The fraction of sp³-hybridized carbons (Fsp3) is 0.355. The summed E-state index contributed by atoms with van der Waals surface area (Å²) in [6, 6.07) is 13.6. The van der Waals surface area contributed by atoms with Gasteiger partial charge in [-0.1, -0.05) is 23.7 Å². The van der Waals surface area contributed by atoms with Crippen LogP contribution in [0.1, 0.15) is 41.7 Å². The third-order valence-corrected chi connectivity index (χ3v) is 8.71. The first-order valence-corrected chi connectivity index (χ1v) is 14.7. The van der Waals surface area contributed by atoms with E-state index in [9.17, 15) is 29.0 Å². The molecule has 2 N–H and O–H groups in total. The Bertz CT molecular complexity index is 1770. The molecule has 0 bridgehead atoms. The number of carbonyl (C=O) groups is 2. The van der Waals surface area contributed by atoms with Crippen molar-refractivity contribution in [3.63, 3.8) is 0 Å². The number of nitrogens with zero attached hydrogens (tertiary/aromatic N) is 5. The molecule has 0 spiro atoms. The van der Waals surface area contributed by atoms with Crippen LogP contribution in [0, 0.1) is 5.82 Å². The van der Waals surface area contributed by atoms with Crippen LogP contribution >= 0.6 is 11.6 Å². The van der Waals surface area contributed by atoms with Gasteiger partial charge < -0.3 is 19.8 Å². The second-order valence-corrected chi connectivity index (χ2v) is 11.8. The smallest absolute Gasteiger partial charge is 0.407 e. The maximum atomic E-state index is 13.5. The Morgan fingerprint density at radius 1 is 1.11 bits per heavy atom. The van der Waals surface area contributed by atoms with Gasteiger partial charge in [-0.2, -0.15) is 0 Å². The molecule has 2 atom stereocenters. The monoisotopic (exact) mass is 623 g/mol. The number of hydrogen-bond acceptors (Lipinski definition) is 6. The van der Waals surface area contributed by atoms with Crippen LogP contribution in [0.4, 0.5) is 9.18 Å². The summed E-state index contributed by atoms with van der Waals surface area (Å²) >= 11 is 6.58. The normalized spacial score (nSPS) is 20.2. The second-order valence-electron chi connectivity index (χ2n) is 11.4. The van der Waals surface area contributed by atoms with Crippen LogP contribution in [0.25, 0.3) is 16.7 Å². The number of fused-ring (bicyclic) bond motifs is 1. The van der Waals surface area contributed by atoms with Crippen molar-refractivity contribution in [2.24, 2.45) is 0 Å². The molecule has 13 heteroatoms. The Morgan fingerprint density at radius 2 is 1.80 bits per heavy atom. The van der Waals surface area contributed by atoms with Crippen molar-refractivity contribution in [1.82, 2.24) is 23.9 Å². The predicted molar refractivity (Wildman–Crippen MR) is 160 cm³/mol. The quantitative estimate of drug-likeness (QED) is 0.343. The molecular weight excluding hydrogens is 593 g/mol. The fourth-order valence-electron chi connectivity index (χ4n) is 5.96. The summed E-state index contributed by atoms with van der Waals surface area (Å²) in [5.74, 6) is -0.661. The van der Waals surface area contributed by atoms with Crippen LogP contribution in [-0.2, 0) is 11.3 Å². The molecule has 2 aliphatic rings. The number of morpholine rings is 1. The van der Waals surface area contributed by atoms with Crippen LogP contribution in [0.15, 0.2) is 65.7 Å². The molecule has 0 saturated carbocycles. The molecule has 2 saturated heterocycles. The van der Waals surface area contributed by atoms with Gasteiger partial charge in [0.1, 0.15) is 17.3 Å². The maximum absolute atomic E-state index is 13.5. The van der Waals surface area contributed by atoms with Gasteiger partial charge in [-0.25, -0.2) is 14.2 Å². The zero-order valence-corrected chi connectivity index (χ0v) is 24.7. The lowest BCUT2D eigenvalue weighted by atomic mass is 9.91. The number of piperidine rings is 1. The number of hydrogen-bond donors (Lipinski definition) is 2. The molecule has 2 fully saturated rings. The van der Waals surface area contributed by atoms with Gasteiger partial charge in [0.25, 0.3) is 11.5 Å². The largest absolute Gasteiger partial charge is 0.465 e. The van der Waals surface area contributed by atoms with E-state index in [2.05, 4.69) is 4.98 Å². The van der Waals surface area contributed by atoms with E-state index < -0.39 is 23.6 Å². The topological polar surface area (TPSA) is 130 Å². The lowest BCUT2D eigenvalue weighted by Crippen LogP contribution is -2.49.